The molecule has 3 fully saturated rings. The van der Waals surface area contributed by atoms with Crippen molar-refractivity contribution in [1.29, 1.82) is 0 Å². The molecule has 1 saturated heterocycles. The smallest absolute Gasteiger partial charge is 0.165 e. The van der Waals surface area contributed by atoms with Crippen LogP contribution in [0.2, 0.25) is 0 Å². The Labute approximate surface area is 147 Å². The van der Waals surface area contributed by atoms with Crippen LogP contribution in [-0.2, 0) is 11.8 Å². The molecule has 1 aromatic rings. The standard InChI is InChI=1S/C20H25NO4/c22-14-6-5-13-10-15-20(23)7-1-2-16-19(20,17(13)18(14)25-16)8-9-21(15,24)11-12-3-4-12/h5-6,12,15-16,22-23H,1-4,7-11H2/t15-,16+,19-,20?,21?/m1/s1. The van der Waals surface area contributed by atoms with Crippen molar-refractivity contribution in [2.75, 3.05) is 13.1 Å². The quantitative estimate of drug-likeness (QED) is 0.639. The van der Waals surface area contributed by atoms with E-state index in [9.17, 15) is 15.4 Å². The van der Waals surface area contributed by atoms with Crippen molar-refractivity contribution in [3.8, 4) is 11.5 Å². The monoisotopic (exact) mass is 343 g/mol. The first-order chi connectivity index (χ1) is 12.0. The maximum absolute atomic E-state index is 13.9. The van der Waals surface area contributed by atoms with Gasteiger partial charge in [-0.05, 0) is 43.7 Å². The number of benzene rings is 1. The van der Waals surface area contributed by atoms with Crippen LogP contribution in [0.25, 0.3) is 0 Å². The molecule has 2 bridgehead atoms. The van der Waals surface area contributed by atoms with E-state index in [2.05, 4.69) is 0 Å². The predicted octanol–water partition coefficient (Wildman–Crippen LogP) is 2.36. The molecule has 6 rings (SSSR count). The molecule has 3 aliphatic carbocycles. The van der Waals surface area contributed by atoms with E-state index in [-0.39, 0.29) is 22.5 Å². The zero-order valence-electron chi connectivity index (χ0n) is 14.4. The highest BCUT2D eigenvalue weighted by Gasteiger charge is 2.74. The van der Waals surface area contributed by atoms with Crippen LogP contribution in [0.15, 0.2) is 12.1 Å². The molecule has 5 nitrogen and oxygen atoms in total. The Kier molecular flexibility index (Phi) is 2.57. The van der Waals surface area contributed by atoms with Crippen molar-refractivity contribution in [2.45, 2.75) is 68.1 Å². The Bertz CT molecular complexity index is 777. The summed E-state index contributed by atoms with van der Waals surface area (Å²) in [5.41, 5.74) is 0.638. The molecule has 1 aromatic carbocycles. The van der Waals surface area contributed by atoms with Gasteiger partial charge in [0.1, 0.15) is 17.7 Å². The molecule has 2 unspecified atom stereocenters. The highest BCUT2D eigenvalue weighted by Crippen LogP contribution is 2.66. The van der Waals surface area contributed by atoms with Crippen LogP contribution in [-0.4, -0.2) is 45.7 Å². The molecule has 1 spiro atoms. The minimum Gasteiger partial charge on any atom is -0.632 e. The van der Waals surface area contributed by atoms with E-state index in [1.165, 1.54) is 12.8 Å². The van der Waals surface area contributed by atoms with Crippen molar-refractivity contribution >= 4 is 0 Å². The largest absolute Gasteiger partial charge is 0.632 e. The lowest BCUT2D eigenvalue weighted by Crippen LogP contribution is -2.79. The van der Waals surface area contributed by atoms with Crippen molar-refractivity contribution in [3.05, 3.63) is 28.5 Å². The van der Waals surface area contributed by atoms with Gasteiger partial charge < -0.3 is 24.8 Å². The van der Waals surface area contributed by atoms with Gasteiger partial charge in [-0.3, -0.25) is 0 Å². The average Bonchev–Trinajstić information content (AvgIpc) is 3.30. The summed E-state index contributed by atoms with van der Waals surface area (Å²) in [6.07, 6.45) is 5.95. The molecule has 25 heavy (non-hydrogen) atoms. The van der Waals surface area contributed by atoms with Gasteiger partial charge in [-0.1, -0.05) is 6.07 Å². The molecule has 5 heteroatoms. The number of hydrogen-bond donors (Lipinski definition) is 2. The summed E-state index contributed by atoms with van der Waals surface area (Å²) in [5.74, 6) is 1.30. The second-order valence-electron chi connectivity index (χ2n) is 9.11. The fraction of sp³-hybridized carbons (Fsp3) is 0.700. The van der Waals surface area contributed by atoms with Crippen molar-refractivity contribution in [3.63, 3.8) is 0 Å². The molecular formula is C20H25NO4. The summed E-state index contributed by atoms with van der Waals surface area (Å²) < 4.78 is 5.99. The predicted molar refractivity (Wildman–Crippen MR) is 91.2 cm³/mol. The number of nitrogens with zero attached hydrogens (tertiary/aromatic N) is 1. The topological polar surface area (TPSA) is 72.8 Å². The fourth-order valence-corrected chi connectivity index (χ4v) is 6.75. The highest BCUT2D eigenvalue weighted by molar-refractivity contribution is 5.61. The van der Waals surface area contributed by atoms with E-state index in [1.54, 1.807) is 6.07 Å². The first-order valence-electron chi connectivity index (χ1n) is 9.80. The van der Waals surface area contributed by atoms with Crippen molar-refractivity contribution in [2.24, 2.45) is 5.92 Å². The molecule has 0 radical (unpaired) electrons. The summed E-state index contributed by atoms with van der Waals surface area (Å²) in [6.45, 7) is 1.23. The number of hydrogen-bond acceptors (Lipinski definition) is 4. The summed E-state index contributed by atoms with van der Waals surface area (Å²) in [6, 6.07) is 3.36. The third kappa shape index (κ3) is 1.57. The van der Waals surface area contributed by atoms with Gasteiger partial charge in [-0.25, -0.2) is 0 Å². The Morgan fingerprint density at radius 2 is 2.08 bits per heavy atom. The second-order valence-corrected chi connectivity index (χ2v) is 9.11. The molecule has 0 amide bonds. The van der Waals surface area contributed by atoms with Crippen LogP contribution in [0, 0.1) is 11.1 Å². The number of phenols is 1. The Morgan fingerprint density at radius 3 is 2.88 bits per heavy atom. The van der Waals surface area contributed by atoms with Crippen LogP contribution in [0.5, 0.6) is 11.5 Å². The second kappa shape index (κ2) is 4.33. The van der Waals surface area contributed by atoms with Crippen LogP contribution >= 0.6 is 0 Å². The van der Waals surface area contributed by atoms with E-state index in [1.807, 2.05) is 6.07 Å². The lowest BCUT2D eigenvalue weighted by molar-refractivity contribution is -0.924. The molecule has 5 atom stereocenters. The van der Waals surface area contributed by atoms with Gasteiger partial charge in [0, 0.05) is 24.3 Å². The van der Waals surface area contributed by atoms with E-state index in [0.29, 0.717) is 44.0 Å². The lowest BCUT2D eigenvalue weighted by atomic mass is 9.49. The number of aliphatic hydroxyl groups is 1. The molecule has 2 aliphatic heterocycles. The summed E-state index contributed by atoms with van der Waals surface area (Å²) in [4.78, 5) is 0. The number of piperidine rings is 1. The van der Waals surface area contributed by atoms with Gasteiger partial charge in [0.15, 0.2) is 11.5 Å². The van der Waals surface area contributed by atoms with E-state index in [0.717, 1.165) is 24.0 Å². The number of aromatic hydroxyl groups is 1. The van der Waals surface area contributed by atoms with Crippen LogP contribution < -0.4 is 4.74 Å². The van der Waals surface area contributed by atoms with Gasteiger partial charge in [-0.2, -0.15) is 0 Å². The molecular weight excluding hydrogens is 318 g/mol. The third-order valence-electron chi connectivity index (χ3n) is 7.96. The fourth-order valence-electron chi connectivity index (χ4n) is 6.75. The van der Waals surface area contributed by atoms with E-state index < -0.39 is 11.0 Å². The number of hydroxylamine groups is 3. The zero-order valence-corrected chi connectivity index (χ0v) is 14.4. The third-order valence-corrected chi connectivity index (χ3v) is 7.96. The zero-order chi connectivity index (χ0) is 17.0. The SMILES string of the molecule is [O-][N+]1(CC2CC2)CC[C@]23c4c5ccc(O)c4O[C@H]2CCCC3(O)[C@H]1C5. The molecule has 2 N–H and O–H groups in total. The summed E-state index contributed by atoms with van der Waals surface area (Å²) in [7, 11) is 0. The van der Waals surface area contributed by atoms with Crippen molar-refractivity contribution in [1.82, 2.24) is 0 Å². The van der Waals surface area contributed by atoms with Gasteiger partial charge in [0.2, 0.25) is 0 Å². The molecule has 0 aromatic heterocycles. The van der Waals surface area contributed by atoms with E-state index >= 15 is 0 Å². The Morgan fingerprint density at radius 1 is 1.24 bits per heavy atom. The summed E-state index contributed by atoms with van der Waals surface area (Å²) in [5, 5.41) is 36.2. The molecule has 134 valence electrons. The number of ether oxygens (including phenoxy) is 1. The summed E-state index contributed by atoms with van der Waals surface area (Å²) >= 11 is 0. The first kappa shape index (κ1) is 14.8. The van der Waals surface area contributed by atoms with Gasteiger partial charge in [0.05, 0.1) is 18.5 Å². The molecule has 2 heterocycles. The van der Waals surface area contributed by atoms with Crippen LogP contribution in [0.4, 0.5) is 0 Å². The van der Waals surface area contributed by atoms with Crippen LogP contribution in [0.1, 0.15) is 49.7 Å². The maximum Gasteiger partial charge on any atom is 0.165 e. The minimum absolute atomic E-state index is 0.106. The van der Waals surface area contributed by atoms with Gasteiger partial charge >= 0.3 is 0 Å². The Hall–Kier alpha value is -1.30. The first-order valence-corrected chi connectivity index (χ1v) is 9.80. The van der Waals surface area contributed by atoms with Gasteiger partial charge in [-0.15, -0.1) is 0 Å². The molecule has 2 saturated carbocycles. The van der Waals surface area contributed by atoms with Crippen molar-refractivity contribution < 1.29 is 19.6 Å². The number of likely N-dealkylation sites (tertiary alicyclic amines) is 1. The average molecular weight is 343 g/mol. The highest BCUT2D eigenvalue weighted by atomic mass is 16.6. The lowest BCUT2D eigenvalue weighted by Gasteiger charge is -2.67. The van der Waals surface area contributed by atoms with E-state index in [4.69, 9.17) is 4.74 Å². The number of rotatable bonds is 2. The maximum atomic E-state index is 13.9. The minimum atomic E-state index is -1.00. The molecule has 5 aliphatic rings. The van der Waals surface area contributed by atoms with Crippen LogP contribution in [0.3, 0.4) is 0 Å². The number of phenolic OH excluding ortho intramolecular Hbond substituents is 1. The number of quaternary nitrogens is 1. The van der Waals surface area contributed by atoms with Gasteiger partial charge in [0.25, 0.3) is 0 Å². The Balaban J connectivity index is 1.58. The normalized spacial score (nSPS) is 46.5.